The largest absolute Gasteiger partial charge is 0.372 e. The molecule has 118 valence electrons. The molecule has 2 heterocycles. The number of piperazine rings is 1. The van der Waals surface area contributed by atoms with Gasteiger partial charge in [0.15, 0.2) is 0 Å². The summed E-state index contributed by atoms with van der Waals surface area (Å²) >= 11 is 0. The van der Waals surface area contributed by atoms with Gasteiger partial charge in [-0.25, -0.2) is 0 Å². The fourth-order valence-corrected chi connectivity index (χ4v) is 3.12. The van der Waals surface area contributed by atoms with Gasteiger partial charge < -0.3 is 15.0 Å². The molecule has 2 aliphatic rings. The van der Waals surface area contributed by atoms with Gasteiger partial charge in [0.25, 0.3) is 0 Å². The average Bonchev–Trinajstić information content (AvgIpc) is 2.86. The number of nitrogens with zero attached hydrogens (tertiary/aromatic N) is 3. The molecule has 1 N–H and O–H groups in total. The topological polar surface area (TPSA) is 31.0 Å². The van der Waals surface area contributed by atoms with E-state index in [1.54, 1.807) is 0 Å². The Hall–Kier alpha value is -0.200. The van der Waals surface area contributed by atoms with E-state index >= 15 is 0 Å². The summed E-state index contributed by atoms with van der Waals surface area (Å²) in [6, 6.07) is 0. The molecule has 0 saturated carbocycles. The maximum atomic E-state index is 6.09. The first-order valence-corrected chi connectivity index (χ1v) is 8.07. The molecule has 0 aromatic carbocycles. The molecule has 20 heavy (non-hydrogen) atoms. The number of ether oxygens (including phenoxy) is 1. The molecule has 0 spiro atoms. The van der Waals surface area contributed by atoms with E-state index < -0.39 is 0 Å². The van der Waals surface area contributed by atoms with E-state index in [0.29, 0.717) is 12.2 Å². The minimum Gasteiger partial charge on any atom is -0.372 e. The van der Waals surface area contributed by atoms with Gasteiger partial charge in [0.1, 0.15) is 0 Å². The van der Waals surface area contributed by atoms with Crippen molar-refractivity contribution in [2.24, 2.45) is 0 Å². The van der Waals surface area contributed by atoms with E-state index in [9.17, 15) is 0 Å². The molecule has 5 heteroatoms. The van der Waals surface area contributed by atoms with Crippen LogP contribution in [0, 0.1) is 0 Å². The molecule has 2 rings (SSSR count). The van der Waals surface area contributed by atoms with Gasteiger partial charge >= 0.3 is 0 Å². The second-order valence-corrected chi connectivity index (χ2v) is 6.46. The van der Waals surface area contributed by atoms with Gasteiger partial charge in [-0.15, -0.1) is 0 Å². The van der Waals surface area contributed by atoms with E-state index in [1.807, 2.05) is 7.05 Å². The quantitative estimate of drug-likeness (QED) is 0.707. The first-order chi connectivity index (χ1) is 9.67. The number of hydrogen-bond acceptors (Lipinski definition) is 5. The Labute approximate surface area is 124 Å². The SMILES string of the molecule is CNCC1CCC(CN2CCN(CCN(C)C)CC2)O1. The molecule has 0 radical (unpaired) electrons. The van der Waals surface area contributed by atoms with Crippen LogP contribution in [0.1, 0.15) is 12.8 Å². The van der Waals surface area contributed by atoms with E-state index in [1.165, 1.54) is 45.6 Å². The highest BCUT2D eigenvalue weighted by molar-refractivity contribution is 4.80. The van der Waals surface area contributed by atoms with Crippen molar-refractivity contribution >= 4 is 0 Å². The summed E-state index contributed by atoms with van der Waals surface area (Å²) in [4.78, 5) is 7.43. The van der Waals surface area contributed by atoms with Crippen LogP contribution in [0.15, 0.2) is 0 Å². The zero-order chi connectivity index (χ0) is 14.4. The average molecular weight is 284 g/mol. The molecule has 5 nitrogen and oxygen atoms in total. The standard InChI is InChI=1S/C15H32N4O/c1-16-12-14-4-5-15(20-14)13-19-10-8-18(9-11-19)7-6-17(2)3/h14-16H,4-13H2,1-3H3. The number of likely N-dealkylation sites (N-methyl/N-ethyl adjacent to an activating group) is 2. The first kappa shape index (κ1) is 16.2. The van der Waals surface area contributed by atoms with Crippen LogP contribution in [-0.4, -0.2) is 100 Å². The summed E-state index contributed by atoms with van der Waals surface area (Å²) in [6.45, 7) is 9.30. The van der Waals surface area contributed by atoms with Gasteiger partial charge in [-0.3, -0.25) is 9.80 Å². The normalized spacial score (nSPS) is 29.4. The Balaban J connectivity index is 1.60. The van der Waals surface area contributed by atoms with Gasteiger partial charge in [0, 0.05) is 52.4 Å². The van der Waals surface area contributed by atoms with Gasteiger partial charge in [0.2, 0.25) is 0 Å². The number of hydrogen-bond donors (Lipinski definition) is 1. The lowest BCUT2D eigenvalue weighted by atomic mass is 10.2. The third-order valence-corrected chi connectivity index (χ3v) is 4.42. The summed E-state index contributed by atoms with van der Waals surface area (Å²) < 4.78 is 6.09. The van der Waals surface area contributed by atoms with Gasteiger partial charge in [-0.1, -0.05) is 0 Å². The first-order valence-electron chi connectivity index (χ1n) is 8.07. The zero-order valence-corrected chi connectivity index (χ0v) is 13.5. The monoisotopic (exact) mass is 284 g/mol. The molecular formula is C15H32N4O. The lowest BCUT2D eigenvalue weighted by Gasteiger charge is -2.36. The summed E-state index contributed by atoms with van der Waals surface area (Å²) in [5.74, 6) is 0. The Morgan fingerprint density at radius 2 is 1.70 bits per heavy atom. The van der Waals surface area contributed by atoms with Crippen LogP contribution < -0.4 is 5.32 Å². The summed E-state index contributed by atoms with van der Waals surface area (Å²) in [7, 11) is 6.30. The van der Waals surface area contributed by atoms with Crippen molar-refractivity contribution in [3.63, 3.8) is 0 Å². The second kappa shape index (κ2) is 8.29. The molecule has 2 unspecified atom stereocenters. The molecule has 2 fully saturated rings. The molecule has 2 aliphatic heterocycles. The molecule has 0 aromatic heterocycles. The highest BCUT2D eigenvalue weighted by Gasteiger charge is 2.27. The predicted molar refractivity (Wildman–Crippen MR) is 83.3 cm³/mol. The highest BCUT2D eigenvalue weighted by atomic mass is 16.5. The predicted octanol–water partition coefficient (Wildman–Crippen LogP) is -0.0674. The maximum Gasteiger partial charge on any atom is 0.0707 e. The molecule has 0 bridgehead atoms. The molecular weight excluding hydrogens is 252 g/mol. The summed E-state index contributed by atoms with van der Waals surface area (Å²) in [5, 5.41) is 3.21. The molecule has 0 amide bonds. The van der Waals surface area contributed by atoms with Crippen LogP contribution in [0.4, 0.5) is 0 Å². The van der Waals surface area contributed by atoms with Crippen LogP contribution in [0.25, 0.3) is 0 Å². The van der Waals surface area contributed by atoms with Gasteiger partial charge in [-0.2, -0.15) is 0 Å². The van der Waals surface area contributed by atoms with Crippen LogP contribution >= 0.6 is 0 Å². The van der Waals surface area contributed by atoms with E-state index in [4.69, 9.17) is 4.74 Å². The van der Waals surface area contributed by atoms with E-state index in [2.05, 4.69) is 34.1 Å². The maximum absolute atomic E-state index is 6.09. The van der Waals surface area contributed by atoms with Crippen LogP contribution in [0.5, 0.6) is 0 Å². The van der Waals surface area contributed by atoms with Crippen molar-refractivity contribution in [2.45, 2.75) is 25.0 Å². The van der Waals surface area contributed by atoms with Crippen molar-refractivity contribution in [1.29, 1.82) is 0 Å². The fraction of sp³-hybridized carbons (Fsp3) is 1.00. The van der Waals surface area contributed by atoms with Crippen LogP contribution in [0.2, 0.25) is 0 Å². The third-order valence-electron chi connectivity index (χ3n) is 4.42. The third kappa shape index (κ3) is 5.30. The van der Waals surface area contributed by atoms with Crippen molar-refractivity contribution in [3.8, 4) is 0 Å². The fourth-order valence-electron chi connectivity index (χ4n) is 3.12. The molecule has 2 atom stereocenters. The minimum atomic E-state index is 0.436. The lowest BCUT2D eigenvalue weighted by molar-refractivity contribution is 0.0130. The summed E-state index contributed by atoms with van der Waals surface area (Å²) in [6.07, 6.45) is 3.34. The number of rotatable bonds is 7. The van der Waals surface area contributed by atoms with Crippen molar-refractivity contribution in [3.05, 3.63) is 0 Å². The second-order valence-electron chi connectivity index (χ2n) is 6.46. The molecule has 0 aromatic rings. The smallest absolute Gasteiger partial charge is 0.0707 e. The van der Waals surface area contributed by atoms with Crippen molar-refractivity contribution < 1.29 is 4.74 Å². The lowest BCUT2D eigenvalue weighted by Crippen LogP contribution is -2.49. The Kier molecular flexibility index (Phi) is 6.71. The Morgan fingerprint density at radius 3 is 2.35 bits per heavy atom. The summed E-state index contributed by atoms with van der Waals surface area (Å²) in [5.41, 5.74) is 0. The van der Waals surface area contributed by atoms with E-state index in [-0.39, 0.29) is 0 Å². The minimum absolute atomic E-state index is 0.436. The highest BCUT2D eigenvalue weighted by Crippen LogP contribution is 2.20. The number of nitrogens with one attached hydrogen (secondary N) is 1. The van der Waals surface area contributed by atoms with Crippen molar-refractivity contribution in [2.75, 3.05) is 73.5 Å². The van der Waals surface area contributed by atoms with Crippen LogP contribution in [-0.2, 0) is 4.74 Å². The van der Waals surface area contributed by atoms with Gasteiger partial charge in [0.05, 0.1) is 12.2 Å². The van der Waals surface area contributed by atoms with Gasteiger partial charge in [-0.05, 0) is 34.0 Å². The van der Waals surface area contributed by atoms with E-state index in [0.717, 1.165) is 19.6 Å². The molecule has 0 aliphatic carbocycles. The molecule has 2 saturated heterocycles. The zero-order valence-electron chi connectivity index (χ0n) is 13.5. The van der Waals surface area contributed by atoms with Crippen molar-refractivity contribution in [1.82, 2.24) is 20.0 Å². The van der Waals surface area contributed by atoms with Crippen LogP contribution in [0.3, 0.4) is 0 Å². The Bertz CT molecular complexity index is 267. The Morgan fingerprint density at radius 1 is 1.05 bits per heavy atom.